The normalized spacial score (nSPS) is 18.0. The number of aliphatic carboxylic acids is 1. The summed E-state index contributed by atoms with van der Waals surface area (Å²) < 4.78 is 43.7. The van der Waals surface area contributed by atoms with Crippen LogP contribution in [-0.2, 0) is 47.5 Å². The van der Waals surface area contributed by atoms with Crippen LogP contribution in [0.3, 0.4) is 0 Å². The maximum Gasteiger partial charge on any atom is 0.315 e. The zero-order chi connectivity index (χ0) is 35.9. The van der Waals surface area contributed by atoms with Gasteiger partial charge in [0.25, 0.3) is 0 Å². The van der Waals surface area contributed by atoms with Crippen LogP contribution in [0.25, 0.3) is 10.4 Å². The van der Waals surface area contributed by atoms with Gasteiger partial charge < -0.3 is 58.5 Å². The second-order valence-corrected chi connectivity index (χ2v) is 12.5. The molecule has 0 bridgehead atoms. The molecule has 0 aliphatic carbocycles. The van der Waals surface area contributed by atoms with Gasteiger partial charge in [0.15, 0.2) is 0 Å². The summed E-state index contributed by atoms with van der Waals surface area (Å²) in [4.78, 5) is 39.6. The molecule has 3 atom stereocenters. The lowest BCUT2D eigenvalue weighted by Gasteiger charge is -2.23. The van der Waals surface area contributed by atoms with Crippen molar-refractivity contribution in [3.05, 3.63) is 10.4 Å². The first-order chi connectivity index (χ1) is 24.5. The Morgan fingerprint density at radius 3 is 1.76 bits per heavy atom. The highest BCUT2D eigenvalue weighted by Gasteiger charge is 2.42. The Hall–Kier alpha value is -2.45. The molecule has 50 heavy (non-hydrogen) atoms. The van der Waals surface area contributed by atoms with Crippen LogP contribution in [0.4, 0.5) is 4.79 Å². The largest absolute Gasteiger partial charge is 0.481 e. The summed E-state index contributed by atoms with van der Waals surface area (Å²) in [6, 6.07) is 0.276. The second-order valence-electron chi connectivity index (χ2n) is 11.2. The highest BCUT2D eigenvalue weighted by Crippen LogP contribution is 2.33. The van der Waals surface area contributed by atoms with Crippen molar-refractivity contribution in [1.82, 2.24) is 15.5 Å². The first-order valence-electron chi connectivity index (χ1n) is 17.3. The van der Waals surface area contributed by atoms with Gasteiger partial charge in [-0.3, -0.25) is 9.59 Å². The van der Waals surface area contributed by atoms with E-state index in [1.165, 1.54) is 0 Å². The number of nitrogens with one attached hydrogen (secondary N) is 2. The summed E-state index contributed by atoms with van der Waals surface area (Å²) in [7, 11) is 0. The standard InChI is InChI=1S/C31H56N6O12S/c32-36-33-6-10-43-14-18-47-22-24-49-20-16-45-12-8-37(7-11-44-15-19-48-23-21-46-17-13-42-9-5-29(39)40)28(38)4-2-1-3-27-30-26(25-50-27)34-31(41)35-30/h26-27,30H,1-25H2,(H,39,40)(H2,34,35,41)/t26-,27-,30-/m0/s1. The van der Waals surface area contributed by atoms with Crippen LogP contribution in [0.2, 0.25) is 0 Å². The van der Waals surface area contributed by atoms with Crippen molar-refractivity contribution in [3.63, 3.8) is 0 Å². The molecule has 2 aliphatic heterocycles. The lowest BCUT2D eigenvalue weighted by Crippen LogP contribution is -2.37. The quantitative estimate of drug-likeness (QED) is 0.0276. The minimum Gasteiger partial charge on any atom is -0.481 e. The highest BCUT2D eigenvalue weighted by atomic mass is 32.2. The zero-order valence-electron chi connectivity index (χ0n) is 29.0. The van der Waals surface area contributed by atoms with E-state index in [1.54, 1.807) is 4.90 Å². The van der Waals surface area contributed by atoms with Gasteiger partial charge in [-0.15, -0.1) is 0 Å². The van der Waals surface area contributed by atoms with Gasteiger partial charge in [0, 0.05) is 42.0 Å². The number of hydrogen-bond acceptors (Lipinski definition) is 13. The van der Waals surface area contributed by atoms with E-state index in [-0.39, 0.29) is 37.0 Å². The number of thioether (sulfide) groups is 1. The van der Waals surface area contributed by atoms with Gasteiger partial charge >= 0.3 is 12.0 Å². The fourth-order valence-electron chi connectivity index (χ4n) is 4.97. The number of carboxylic acid groups (broad SMARTS) is 1. The van der Waals surface area contributed by atoms with Gasteiger partial charge in [-0.1, -0.05) is 11.5 Å². The predicted octanol–water partition coefficient (Wildman–Crippen LogP) is 1.46. The van der Waals surface area contributed by atoms with Gasteiger partial charge in [-0.05, 0) is 18.4 Å². The molecule has 0 radical (unpaired) electrons. The number of urea groups is 1. The van der Waals surface area contributed by atoms with Crippen molar-refractivity contribution in [2.24, 2.45) is 5.11 Å². The van der Waals surface area contributed by atoms with Crippen molar-refractivity contribution in [2.45, 2.75) is 49.4 Å². The van der Waals surface area contributed by atoms with Gasteiger partial charge in [-0.2, -0.15) is 11.8 Å². The van der Waals surface area contributed by atoms with E-state index in [2.05, 4.69) is 20.7 Å². The number of rotatable bonds is 35. The van der Waals surface area contributed by atoms with E-state index in [9.17, 15) is 14.4 Å². The summed E-state index contributed by atoms with van der Waals surface area (Å²) in [5.74, 6) is 0.0826. The molecule has 0 unspecified atom stereocenters. The molecule has 2 saturated heterocycles. The second kappa shape index (κ2) is 30.2. The number of ether oxygens (including phenoxy) is 8. The van der Waals surface area contributed by atoms with Gasteiger partial charge in [-0.25, -0.2) is 4.79 Å². The average Bonchev–Trinajstić information content (AvgIpc) is 3.66. The van der Waals surface area contributed by atoms with E-state index in [1.807, 2.05) is 11.8 Å². The SMILES string of the molecule is [N-]=[N+]=NCCOCCOCCOCCOCCN(CCOCCOCCOCCOCCC(=O)O)C(=O)CCCC[C@@H]1SC[C@@H]2NC(=O)N[C@@H]21. The molecule has 0 aromatic rings. The number of carbonyl (C=O) groups excluding carboxylic acids is 2. The molecular weight excluding hydrogens is 680 g/mol. The summed E-state index contributed by atoms with van der Waals surface area (Å²) in [5, 5.41) is 18.3. The first-order valence-corrected chi connectivity index (χ1v) is 18.4. The molecule has 0 spiro atoms. The molecule has 2 aliphatic rings. The molecule has 288 valence electrons. The van der Waals surface area contributed by atoms with Crippen LogP contribution in [0, 0.1) is 0 Å². The van der Waals surface area contributed by atoms with Crippen molar-refractivity contribution >= 4 is 29.7 Å². The molecule has 19 heteroatoms. The first kappa shape index (κ1) is 43.7. The Morgan fingerprint density at radius 2 is 1.24 bits per heavy atom. The van der Waals surface area contributed by atoms with Crippen LogP contribution in [0.15, 0.2) is 5.11 Å². The number of fused-ring (bicyclic) bond motifs is 1. The van der Waals surface area contributed by atoms with Crippen LogP contribution < -0.4 is 10.6 Å². The van der Waals surface area contributed by atoms with E-state index in [4.69, 9.17) is 48.5 Å². The number of amides is 3. The molecule has 2 rings (SSSR count). The Bertz CT molecular complexity index is 937. The lowest BCUT2D eigenvalue weighted by atomic mass is 10.0. The number of hydrogen-bond donors (Lipinski definition) is 3. The predicted molar refractivity (Wildman–Crippen MR) is 183 cm³/mol. The summed E-state index contributed by atoms with van der Waals surface area (Å²) in [6.07, 6.45) is 3.05. The monoisotopic (exact) mass is 736 g/mol. The topological polar surface area (TPSA) is 221 Å². The molecule has 18 nitrogen and oxygen atoms in total. The van der Waals surface area contributed by atoms with E-state index in [0.717, 1.165) is 25.0 Å². The zero-order valence-corrected chi connectivity index (χ0v) is 29.9. The van der Waals surface area contributed by atoms with Gasteiger partial charge in [0.05, 0.1) is 124 Å². The molecule has 0 aromatic heterocycles. The highest BCUT2D eigenvalue weighted by molar-refractivity contribution is 8.00. The third-order valence-corrected chi connectivity index (χ3v) is 9.03. The third kappa shape index (κ3) is 22.4. The number of nitrogens with zero attached hydrogens (tertiary/aromatic N) is 4. The molecule has 2 heterocycles. The van der Waals surface area contributed by atoms with E-state index in [0.29, 0.717) is 130 Å². The Kier molecular flexibility index (Phi) is 26.4. The Morgan fingerprint density at radius 1 is 0.740 bits per heavy atom. The molecule has 0 aromatic carbocycles. The molecule has 2 fully saturated rings. The van der Waals surface area contributed by atoms with Crippen molar-refractivity contribution in [1.29, 1.82) is 0 Å². The minimum absolute atomic E-state index is 0.0280. The molecule has 0 saturated carbocycles. The van der Waals surface area contributed by atoms with Crippen molar-refractivity contribution in [3.8, 4) is 0 Å². The van der Waals surface area contributed by atoms with E-state index < -0.39 is 5.97 Å². The maximum absolute atomic E-state index is 13.1. The van der Waals surface area contributed by atoms with Crippen LogP contribution in [0.1, 0.15) is 32.1 Å². The summed E-state index contributed by atoms with van der Waals surface area (Å²) in [6.45, 7) is 7.24. The Labute approximate surface area is 298 Å². The van der Waals surface area contributed by atoms with Crippen LogP contribution in [-0.4, -0.2) is 176 Å². The summed E-state index contributed by atoms with van der Waals surface area (Å²) >= 11 is 1.88. The smallest absolute Gasteiger partial charge is 0.315 e. The number of carbonyl (C=O) groups is 3. The third-order valence-electron chi connectivity index (χ3n) is 7.52. The van der Waals surface area contributed by atoms with Gasteiger partial charge in [0.1, 0.15) is 0 Å². The van der Waals surface area contributed by atoms with Crippen LogP contribution in [0.5, 0.6) is 0 Å². The minimum atomic E-state index is -0.893. The number of azide groups is 1. The van der Waals surface area contributed by atoms with E-state index >= 15 is 0 Å². The van der Waals surface area contributed by atoms with Crippen LogP contribution >= 0.6 is 11.8 Å². The van der Waals surface area contributed by atoms with Gasteiger partial charge in [0.2, 0.25) is 5.91 Å². The molecule has 3 amide bonds. The lowest BCUT2D eigenvalue weighted by molar-refractivity contribution is -0.138. The van der Waals surface area contributed by atoms with Crippen molar-refractivity contribution in [2.75, 3.05) is 131 Å². The average molecular weight is 737 g/mol. The Balaban J connectivity index is 1.54. The number of unbranched alkanes of at least 4 members (excludes halogenated alkanes) is 1. The fourth-order valence-corrected chi connectivity index (χ4v) is 6.51. The maximum atomic E-state index is 13.1. The summed E-state index contributed by atoms with van der Waals surface area (Å²) in [5.41, 5.74) is 8.21. The number of carboxylic acids is 1. The molecular formula is C31H56N6O12S. The fraction of sp³-hybridized carbons (Fsp3) is 0.903. The van der Waals surface area contributed by atoms with Crippen molar-refractivity contribution < 1.29 is 57.4 Å². The molecule has 3 N–H and O–H groups in total.